The molecule has 0 unspecified atom stereocenters. The average Bonchev–Trinajstić information content (AvgIpc) is 2.69. The van der Waals surface area contributed by atoms with Gasteiger partial charge in [-0.25, -0.2) is 9.59 Å². The number of hydrogen-bond donors (Lipinski definition) is 1. The van der Waals surface area contributed by atoms with Crippen LogP contribution in [0.15, 0.2) is 12.7 Å². The van der Waals surface area contributed by atoms with Gasteiger partial charge in [0.05, 0.1) is 12.6 Å². The highest BCUT2D eigenvalue weighted by Crippen LogP contribution is 2.23. The number of rotatable bonds is 5. The molecule has 0 saturated carbocycles. The monoisotopic (exact) mass is 265 g/mol. The molecule has 1 saturated heterocycles. The number of hydrogen-bond acceptors (Lipinski definition) is 4. The Morgan fingerprint density at radius 1 is 1.56 bits per heavy atom. The van der Waals surface area contributed by atoms with Gasteiger partial charge in [0, 0.05) is 6.42 Å². The Balaban J connectivity index is 2.65. The van der Waals surface area contributed by atoms with Gasteiger partial charge >= 0.3 is 18.7 Å². The van der Waals surface area contributed by atoms with Gasteiger partial charge in [-0.1, -0.05) is 12.7 Å². The molecule has 2 atom stereocenters. The van der Waals surface area contributed by atoms with Gasteiger partial charge in [0.15, 0.2) is 0 Å². The van der Waals surface area contributed by atoms with Crippen molar-refractivity contribution in [3.63, 3.8) is 0 Å². The zero-order valence-electron chi connectivity index (χ0n) is 9.42. The van der Waals surface area contributed by atoms with Crippen molar-refractivity contribution >= 4 is 12.1 Å². The molecular weight excluding hydrogens is 252 g/mol. The van der Waals surface area contributed by atoms with Crippen LogP contribution in [0.5, 0.6) is 0 Å². The summed E-state index contributed by atoms with van der Waals surface area (Å²) in [4.78, 5) is 23.3. The maximum Gasteiger partial charge on any atom is 0.410 e. The molecule has 6 nitrogen and oxygen atoms in total. The second-order valence-electron chi connectivity index (χ2n) is 3.63. The van der Waals surface area contributed by atoms with Crippen molar-refractivity contribution in [2.45, 2.75) is 25.2 Å². The smallest absolute Gasteiger partial charge is 0.410 e. The molecular formula is C10H13F2NO5. The molecule has 0 aromatic rings. The number of carboxylic acids is 1. The number of nitrogens with zero attached hydrogens (tertiary/aromatic N) is 1. The predicted octanol–water partition coefficient (Wildman–Crippen LogP) is 1.08. The van der Waals surface area contributed by atoms with Crippen LogP contribution in [0.25, 0.3) is 0 Å². The first-order chi connectivity index (χ1) is 8.45. The van der Waals surface area contributed by atoms with Gasteiger partial charge in [0.2, 0.25) is 0 Å². The van der Waals surface area contributed by atoms with Gasteiger partial charge < -0.3 is 14.6 Å². The molecule has 1 heterocycles. The summed E-state index contributed by atoms with van der Waals surface area (Å²) in [5, 5.41) is 8.90. The standard InChI is InChI=1S/C10H13F2NO5/c1-2-3-17-10(16)13-5-6(18-9(11)12)4-7(13)8(14)15/h2,6-7,9H,1,3-5H2,(H,14,15)/t6-,7-/m0/s1. The molecule has 0 aromatic carbocycles. The molecule has 1 aliphatic heterocycles. The lowest BCUT2D eigenvalue weighted by Gasteiger charge is -2.20. The average molecular weight is 265 g/mol. The van der Waals surface area contributed by atoms with Crippen molar-refractivity contribution in [2.24, 2.45) is 0 Å². The number of aliphatic carboxylic acids is 1. The van der Waals surface area contributed by atoms with Gasteiger partial charge in [-0.2, -0.15) is 8.78 Å². The number of alkyl halides is 2. The minimum atomic E-state index is -3.01. The summed E-state index contributed by atoms with van der Waals surface area (Å²) in [5.74, 6) is -1.29. The van der Waals surface area contributed by atoms with E-state index >= 15 is 0 Å². The summed E-state index contributed by atoms with van der Waals surface area (Å²) < 4.78 is 32.9. The van der Waals surface area contributed by atoms with Crippen LogP contribution in [0.3, 0.4) is 0 Å². The number of likely N-dealkylation sites (tertiary alicyclic amines) is 1. The van der Waals surface area contributed by atoms with Gasteiger partial charge in [-0.3, -0.25) is 4.90 Å². The summed E-state index contributed by atoms with van der Waals surface area (Å²) >= 11 is 0. The third-order valence-corrected chi connectivity index (χ3v) is 2.40. The molecule has 0 aromatic heterocycles. The highest BCUT2D eigenvalue weighted by molar-refractivity contribution is 5.80. The lowest BCUT2D eigenvalue weighted by Crippen LogP contribution is -2.41. The van der Waals surface area contributed by atoms with Crippen LogP contribution >= 0.6 is 0 Å². The van der Waals surface area contributed by atoms with Crippen LogP contribution in [0.1, 0.15) is 6.42 Å². The SMILES string of the molecule is C=CCOC(=O)N1C[C@@H](OC(F)F)C[C@H]1C(=O)O. The van der Waals surface area contributed by atoms with E-state index in [0.717, 1.165) is 4.90 Å². The minimum Gasteiger partial charge on any atom is -0.480 e. The molecule has 0 spiro atoms. The van der Waals surface area contributed by atoms with Crippen molar-refractivity contribution in [2.75, 3.05) is 13.2 Å². The van der Waals surface area contributed by atoms with Gasteiger partial charge in [0.25, 0.3) is 0 Å². The highest BCUT2D eigenvalue weighted by atomic mass is 19.3. The van der Waals surface area contributed by atoms with Crippen molar-refractivity contribution in [3.8, 4) is 0 Å². The predicted molar refractivity (Wildman–Crippen MR) is 55.2 cm³/mol. The molecule has 1 fully saturated rings. The van der Waals surface area contributed by atoms with Crippen LogP contribution in [-0.4, -0.2) is 54.0 Å². The summed E-state index contributed by atoms with van der Waals surface area (Å²) in [5.41, 5.74) is 0. The Labute approximate surface area is 102 Å². The zero-order chi connectivity index (χ0) is 13.7. The summed E-state index contributed by atoms with van der Waals surface area (Å²) in [7, 11) is 0. The summed E-state index contributed by atoms with van der Waals surface area (Å²) in [6, 6.07) is -1.22. The van der Waals surface area contributed by atoms with Gasteiger partial charge in [0.1, 0.15) is 12.6 Å². The Kier molecular flexibility index (Phi) is 5.02. The molecule has 1 aliphatic rings. The van der Waals surface area contributed by atoms with E-state index in [0.29, 0.717) is 0 Å². The second kappa shape index (κ2) is 6.29. The minimum absolute atomic E-state index is 0.0813. The van der Waals surface area contributed by atoms with Crippen molar-refractivity contribution in [1.82, 2.24) is 4.90 Å². The zero-order valence-corrected chi connectivity index (χ0v) is 9.42. The normalized spacial score (nSPS) is 23.2. The number of amides is 1. The lowest BCUT2D eigenvalue weighted by atomic mass is 10.2. The van der Waals surface area contributed by atoms with E-state index < -0.39 is 30.8 Å². The van der Waals surface area contributed by atoms with Crippen molar-refractivity contribution in [1.29, 1.82) is 0 Å². The van der Waals surface area contributed by atoms with Crippen LogP contribution in [0.4, 0.5) is 13.6 Å². The molecule has 102 valence electrons. The van der Waals surface area contributed by atoms with Crippen LogP contribution in [0.2, 0.25) is 0 Å². The number of ether oxygens (including phenoxy) is 2. The van der Waals surface area contributed by atoms with Crippen LogP contribution in [0, 0.1) is 0 Å². The van der Waals surface area contributed by atoms with E-state index in [1.165, 1.54) is 6.08 Å². The fourth-order valence-corrected chi connectivity index (χ4v) is 1.69. The van der Waals surface area contributed by atoms with E-state index in [4.69, 9.17) is 5.11 Å². The first kappa shape index (κ1) is 14.4. The molecule has 1 N–H and O–H groups in total. The largest absolute Gasteiger partial charge is 0.480 e. The second-order valence-corrected chi connectivity index (χ2v) is 3.63. The van der Waals surface area contributed by atoms with E-state index in [1.54, 1.807) is 0 Å². The van der Waals surface area contributed by atoms with Crippen LogP contribution < -0.4 is 0 Å². The highest BCUT2D eigenvalue weighted by Gasteiger charge is 2.42. The Hall–Kier alpha value is -1.70. The molecule has 18 heavy (non-hydrogen) atoms. The van der Waals surface area contributed by atoms with Gasteiger partial charge in [-0.05, 0) is 0 Å². The number of halogens is 2. The molecule has 0 radical (unpaired) electrons. The van der Waals surface area contributed by atoms with E-state index in [2.05, 4.69) is 16.1 Å². The molecule has 1 rings (SSSR count). The molecule has 0 aliphatic carbocycles. The Morgan fingerprint density at radius 2 is 2.22 bits per heavy atom. The van der Waals surface area contributed by atoms with Crippen molar-refractivity contribution in [3.05, 3.63) is 12.7 Å². The Morgan fingerprint density at radius 3 is 2.72 bits per heavy atom. The number of carbonyl (C=O) groups excluding carboxylic acids is 1. The van der Waals surface area contributed by atoms with E-state index in [-0.39, 0.29) is 19.6 Å². The summed E-state index contributed by atoms with van der Waals surface area (Å²) in [6.45, 7) is 0.00574. The van der Waals surface area contributed by atoms with E-state index in [9.17, 15) is 18.4 Å². The van der Waals surface area contributed by atoms with Crippen molar-refractivity contribution < 1.29 is 33.0 Å². The molecule has 8 heteroatoms. The third-order valence-electron chi connectivity index (χ3n) is 2.40. The van der Waals surface area contributed by atoms with Gasteiger partial charge in [-0.15, -0.1) is 0 Å². The van der Waals surface area contributed by atoms with E-state index in [1.807, 2.05) is 0 Å². The number of carboxylic acid groups (broad SMARTS) is 1. The lowest BCUT2D eigenvalue weighted by molar-refractivity contribution is -0.159. The van der Waals surface area contributed by atoms with Crippen LogP contribution in [-0.2, 0) is 14.3 Å². The fourth-order valence-electron chi connectivity index (χ4n) is 1.69. The maximum absolute atomic E-state index is 12.0. The number of carbonyl (C=O) groups is 2. The third kappa shape index (κ3) is 3.66. The first-order valence-electron chi connectivity index (χ1n) is 5.16. The Bertz CT molecular complexity index is 336. The molecule has 1 amide bonds. The molecule has 0 bridgehead atoms. The summed E-state index contributed by atoms with van der Waals surface area (Å²) in [6.07, 6.45) is -0.773. The maximum atomic E-state index is 12.0. The topological polar surface area (TPSA) is 76.1 Å². The quantitative estimate of drug-likeness (QED) is 0.753. The fraction of sp³-hybridized carbons (Fsp3) is 0.600. The first-order valence-corrected chi connectivity index (χ1v) is 5.16.